The predicted octanol–water partition coefficient (Wildman–Crippen LogP) is -1.11. The standard InChI is InChI=1S/C9H15N3O5S/c1-5(13)11-6(8(15)16)4-18-3-2-7(14)12-9(10)17/h6H,2-4H2,1H3,(H,11,13)(H,15,16)(H3,10,12,14,17)/t6-/m0/s1. The van der Waals surface area contributed by atoms with Gasteiger partial charge in [-0.05, 0) is 0 Å². The van der Waals surface area contributed by atoms with Gasteiger partial charge in [-0.15, -0.1) is 0 Å². The van der Waals surface area contributed by atoms with Crippen LogP contribution in [0, 0.1) is 0 Å². The zero-order valence-corrected chi connectivity index (χ0v) is 10.6. The van der Waals surface area contributed by atoms with Crippen LogP contribution in [-0.4, -0.2) is 46.5 Å². The highest BCUT2D eigenvalue weighted by Gasteiger charge is 2.18. The van der Waals surface area contributed by atoms with Gasteiger partial charge in [0.15, 0.2) is 0 Å². The highest BCUT2D eigenvalue weighted by molar-refractivity contribution is 7.99. The predicted molar refractivity (Wildman–Crippen MR) is 64.9 cm³/mol. The Morgan fingerprint density at radius 2 is 1.94 bits per heavy atom. The Morgan fingerprint density at radius 3 is 2.39 bits per heavy atom. The first-order valence-corrected chi connectivity index (χ1v) is 6.15. The number of nitrogens with one attached hydrogen (secondary N) is 2. The Balaban J connectivity index is 3.86. The number of hydrogen-bond donors (Lipinski definition) is 4. The Kier molecular flexibility index (Phi) is 7.52. The van der Waals surface area contributed by atoms with Crippen LogP contribution in [0.1, 0.15) is 13.3 Å². The fourth-order valence-electron chi connectivity index (χ4n) is 0.986. The molecule has 102 valence electrons. The average Bonchev–Trinajstić information content (AvgIpc) is 2.20. The molecule has 0 aromatic rings. The Labute approximate surface area is 108 Å². The first kappa shape index (κ1) is 16.2. The van der Waals surface area contributed by atoms with Gasteiger partial charge in [0, 0.05) is 24.9 Å². The molecule has 0 rings (SSSR count). The summed E-state index contributed by atoms with van der Waals surface area (Å²) in [4.78, 5) is 42.8. The van der Waals surface area contributed by atoms with E-state index in [1.54, 1.807) is 0 Å². The highest BCUT2D eigenvalue weighted by atomic mass is 32.2. The summed E-state index contributed by atoms with van der Waals surface area (Å²) in [6.07, 6.45) is 0.0417. The Hall–Kier alpha value is -1.77. The lowest BCUT2D eigenvalue weighted by atomic mass is 10.3. The van der Waals surface area contributed by atoms with Crippen LogP contribution in [0.4, 0.5) is 4.79 Å². The van der Waals surface area contributed by atoms with E-state index in [0.29, 0.717) is 5.75 Å². The fourth-order valence-corrected chi connectivity index (χ4v) is 1.94. The molecule has 0 aromatic heterocycles. The van der Waals surface area contributed by atoms with Gasteiger partial charge in [0.05, 0.1) is 0 Å². The summed E-state index contributed by atoms with van der Waals surface area (Å²) in [5.41, 5.74) is 4.74. The third kappa shape index (κ3) is 8.39. The summed E-state index contributed by atoms with van der Waals surface area (Å²) >= 11 is 1.18. The molecule has 9 heteroatoms. The largest absolute Gasteiger partial charge is 0.480 e. The first-order valence-electron chi connectivity index (χ1n) is 5.00. The third-order valence-electron chi connectivity index (χ3n) is 1.70. The molecule has 5 N–H and O–H groups in total. The molecule has 18 heavy (non-hydrogen) atoms. The number of carbonyl (C=O) groups excluding carboxylic acids is 3. The molecule has 0 aliphatic rings. The zero-order chi connectivity index (χ0) is 14.1. The molecule has 1 atom stereocenters. The van der Waals surface area contributed by atoms with Crippen molar-refractivity contribution in [2.75, 3.05) is 11.5 Å². The number of nitrogens with two attached hydrogens (primary N) is 1. The van der Waals surface area contributed by atoms with Crippen LogP contribution in [-0.2, 0) is 14.4 Å². The number of carboxylic acids is 1. The van der Waals surface area contributed by atoms with Crippen molar-refractivity contribution in [3.8, 4) is 0 Å². The molecule has 0 fully saturated rings. The van der Waals surface area contributed by atoms with Gasteiger partial charge in [0.2, 0.25) is 11.8 Å². The maximum atomic E-state index is 11.0. The van der Waals surface area contributed by atoms with Crippen molar-refractivity contribution in [1.82, 2.24) is 10.6 Å². The summed E-state index contributed by atoms with van der Waals surface area (Å²) in [7, 11) is 0. The van der Waals surface area contributed by atoms with E-state index in [-0.39, 0.29) is 12.2 Å². The molecule has 0 saturated carbocycles. The van der Waals surface area contributed by atoms with Crippen molar-refractivity contribution in [3.05, 3.63) is 0 Å². The summed E-state index contributed by atoms with van der Waals surface area (Å²) < 4.78 is 0. The van der Waals surface area contributed by atoms with E-state index in [1.165, 1.54) is 18.7 Å². The van der Waals surface area contributed by atoms with Crippen molar-refractivity contribution in [2.45, 2.75) is 19.4 Å². The molecule has 4 amide bonds. The van der Waals surface area contributed by atoms with Gasteiger partial charge in [-0.1, -0.05) is 0 Å². The van der Waals surface area contributed by atoms with Gasteiger partial charge in [0.1, 0.15) is 6.04 Å². The molecule has 0 radical (unpaired) electrons. The average molecular weight is 277 g/mol. The molecule has 8 nitrogen and oxygen atoms in total. The fraction of sp³-hybridized carbons (Fsp3) is 0.556. The number of hydrogen-bond acceptors (Lipinski definition) is 5. The lowest BCUT2D eigenvalue weighted by Crippen LogP contribution is -2.41. The molecule has 0 aliphatic heterocycles. The van der Waals surface area contributed by atoms with Crippen LogP contribution in [0.3, 0.4) is 0 Å². The smallest absolute Gasteiger partial charge is 0.327 e. The topological polar surface area (TPSA) is 139 Å². The second kappa shape index (κ2) is 8.34. The van der Waals surface area contributed by atoms with Gasteiger partial charge in [-0.25, -0.2) is 9.59 Å². The quantitative estimate of drug-likeness (QED) is 0.435. The molecule has 0 saturated heterocycles. The summed E-state index contributed by atoms with van der Waals surface area (Å²) in [6.45, 7) is 1.22. The van der Waals surface area contributed by atoms with Crippen LogP contribution < -0.4 is 16.4 Å². The van der Waals surface area contributed by atoms with E-state index in [9.17, 15) is 19.2 Å². The monoisotopic (exact) mass is 277 g/mol. The van der Waals surface area contributed by atoms with Crippen LogP contribution in [0.2, 0.25) is 0 Å². The molecular weight excluding hydrogens is 262 g/mol. The van der Waals surface area contributed by atoms with E-state index in [1.807, 2.05) is 5.32 Å². The minimum atomic E-state index is -1.14. The lowest BCUT2D eigenvalue weighted by Gasteiger charge is -2.12. The minimum absolute atomic E-state index is 0.0417. The molecular formula is C9H15N3O5S. The third-order valence-corrected chi connectivity index (χ3v) is 2.76. The Bertz CT molecular complexity index is 347. The van der Waals surface area contributed by atoms with Crippen molar-refractivity contribution < 1.29 is 24.3 Å². The summed E-state index contributed by atoms with van der Waals surface area (Å²) in [6, 6.07) is -1.92. The SMILES string of the molecule is CC(=O)N[C@@H](CSCCC(=O)NC(N)=O)C(=O)O. The second-order valence-electron chi connectivity index (χ2n) is 3.33. The van der Waals surface area contributed by atoms with E-state index in [4.69, 9.17) is 10.8 Å². The molecule has 0 heterocycles. The number of urea groups is 1. The molecule has 0 bridgehead atoms. The van der Waals surface area contributed by atoms with Crippen molar-refractivity contribution in [1.29, 1.82) is 0 Å². The number of amides is 4. The number of carboxylic acid groups (broad SMARTS) is 1. The van der Waals surface area contributed by atoms with Crippen LogP contribution in [0.15, 0.2) is 0 Å². The normalized spacial score (nSPS) is 11.4. The van der Waals surface area contributed by atoms with Crippen molar-refractivity contribution >= 4 is 35.6 Å². The molecule has 0 aromatic carbocycles. The second-order valence-corrected chi connectivity index (χ2v) is 4.48. The molecule has 0 aliphatic carbocycles. The van der Waals surface area contributed by atoms with Gasteiger partial charge < -0.3 is 16.2 Å². The summed E-state index contributed by atoms with van der Waals surface area (Å²) in [5, 5.41) is 12.9. The van der Waals surface area contributed by atoms with Gasteiger partial charge >= 0.3 is 12.0 Å². The molecule has 0 unspecified atom stereocenters. The first-order chi connectivity index (χ1) is 8.32. The minimum Gasteiger partial charge on any atom is -0.480 e. The van der Waals surface area contributed by atoms with Gasteiger partial charge in [0.25, 0.3) is 0 Å². The number of rotatable bonds is 7. The van der Waals surface area contributed by atoms with E-state index >= 15 is 0 Å². The maximum Gasteiger partial charge on any atom is 0.327 e. The van der Waals surface area contributed by atoms with E-state index < -0.39 is 29.9 Å². The van der Waals surface area contributed by atoms with Crippen molar-refractivity contribution in [2.24, 2.45) is 5.73 Å². The van der Waals surface area contributed by atoms with Gasteiger partial charge in [-0.3, -0.25) is 14.9 Å². The molecule has 0 spiro atoms. The number of aliphatic carboxylic acids is 1. The lowest BCUT2D eigenvalue weighted by molar-refractivity contribution is -0.140. The number of carbonyl (C=O) groups is 4. The number of imide groups is 1. The van der Waals surface area contributed by atoms with Crippen molar-refractivity contribution in [3.63, 3.8) is 0 Å². The highest BCUT2D eigenvalue weighted by Crippen LogP contribution is 2.05. The van der Waals surface area contributed by atoms with Gasteiger partial charge in [-0.2, -0.15) is 11.8 Å². The van der Waals surface area contributed by atoms with E-state index in [2.05, 4.69) is 5.32 Å². The van der Waals surface area contributed by atoms with Crippen LogP contribution in [0.5, 0.6) is 0 Å². The zero-order valence-electron chi connectivity index (χ0n) is 9.76. The van der Waals surface area contributed by atoms with Crippen LogP contribution >= 0.6 is 11.8 Å². The van der Waals surface area contributed by atoms with Crippen LogP contribution in [0.25, 0.3) is 0 Å². The Morgan fingerprint density at radius 1 is 1.33 bits per heavy atom. The summed E-state index contributed by atoms with van der Waals surface area (Å²) in [5.74, 6) is -1.64. The van der Waals surface area contributed by atoms with E-state index in [0.717, 1.165) is 0 Å². The maximum absolute atomic E-state index is 11.0. The number of thioether (sulfide) groups is 1. The number of primary amides is 1.